The number of aryl methyl sites for hydroxylation is 1. The highest BCUT2D eigenvalue weighted by Crippen LogP contribution is 2.09. The molecule has 6 heteroatoms. The van der Waals surface area contributed by atoms with E-state index in [1.54, 1.807) is 29.8 Å². The summed E-state index contributed by atoms with van der Waals surface area (Å²) in [4.78, 5) is 20.5. The molecule has 0 aromatic carbocycles. The highest BCUT2D eigenvalue weighted by atomic mass is 32.1. The van der Waals surface area contributed by atoms with Gasteiger partial charge in [-0.05, 0) is 13.0 Å². The monoisotopic (exact) mass is 300 g/mol. The van der Waals surface area contributed by atoms with E-state index in [4.69, 9.17) is 5.73 Å². The van der Waals surface area contributed by atoms with Gasteiger partial charge in [-0.3, -0.25) is 9.78 Å². The van der Waals surface area contributed by atoms with Crippen molar-refractivity contribution in [3.63, 3.8) is 0 Å². The van der Waals surface area contributed by atoms with Crippen LogP contribution in [-0.4, -0.2) is 29.0 Å². The van der Waals surface area contributed by atoms with Gasteiger partial charge < -0.3 is 11.1 Å². The Hall–Kier alpha value is -2.23. The van der Waals surface area contributed by atoms with Crippen LogP contribution in [0.2, 0.25) is 0 Å². The molecule has 0 aliphatic rings. The minimum atomic E-state index is -0.160. The standard InChI is InChI=1S/C15H16N4OS/c1-11-10-21-14(19-11)5-8-18-15(20)13-4-7-17-9-12(13)3-2-6-16/h4,7,9-10H,5-6,8,16H2,1H3,(H,18,20). The highest BCUT2D eigenvalue weighted by Gasteiger charge is 2.09. The summed E-state index contributed by atoms with van der Waals surface area (Å²) in [6, 6.07) is 1.66. The zero-order valence-electron chi connectivity index (χ0n) is 11.7. The average Bonchev–Trinajstić information content (AvgIpc) is 2.91. The van der Waals surface area contributed by atoms with Crippen LogP contribution in [0.5, 0.6) is 0 Å². The number of rotatable bonds is 4. The lowest BCUT2D eigenvalue weighted by atomic mass is 10.1. The molecule has 3 N–H and O–H groups in total. The Morgan fingerprint density at radius 3 is 3.10 bits per heavy atom. The molecule has 5 nitrogen and oxygen atoms in total. The van der Waals surface area contributed by atoms with E-state index in [0.717, 1.165) is 17.1 Å². The van der Waals surface area contributed by atoms with E-state index in [1.165, 1.54) is 0 Å². The Morgan fingerprint density at radius 2 is 2.38 bits per heavy atom. The topological polar surface area (TPSA) is 80.9 Å². The van der Waals surface area contributed by atoms with Crippen molar-refractivity contribution in [1.82, 2.24) is 15.3 Å². The molecular formula is C15H16N4OS. The zero-order chi connectivity index (χ0) is 15.1. The third-order valence-electron chi connectivity index (χ3n) is 2.68. The molecule has 108 valence electrons. The molecule has 2 aromatic rings. The van der Waals surface area contributed by atoms with Gasteiger partial charge >= 0.3 is 0 Å². The van der Waals surface area contributed by atoms with E-state index in [-0.39, 0.29) is 12.5 Å². The number of hydrogen-bond donors (Lipinski definition) is 2. The van der Waals surface area contributed by atoms with E-state index in [9.17, 15) is 4.79 Å². The predicted molar refractivity (Wildman–Crippen MR) is 83.1 cm³/mol. The Labute approximate surface area is 127 Å². The summed E-state index contributed by atoms with van der Waals surface area (Å²) in [5.74, 6) is 5.43. The molecule has 21 heavy (non-hydrogen) atoms. The molecule has 0 unspecified atom stereocenters. The van der Waals surface area contributed by atoms with Crippen LogP contribution in [0, 0.1) is 18.8 Å². The fourth-order valence-corrected chi connectivity index (χ4v) is 2.51. The fraction of sp³-hybridized carbons (Fsp3) is 0.267. The molecule has 0 aliphatic carbocycles. The molecule has 0 atom stereocenters. The molecule has 0 saturated carbocycles. The van der Waals surface area contributed by atoms with Crippen LogP contribution < -0.4 is 11.1 Å². The van der Waals surface area contributed by atoms with E-state index in [0.29, 0.717) is 17.7 Å². The number of nitrogens with zero attached hydrogens (tertiary/aromatic N) is 2. The molecule has 2 aromatic heterocycles. The molecule has 0 saturated heterocycles. The van der Waals surface area contributed by atoms with Gasteiger partial charge in [0, 0.05) is 36.4 Å². The van der Waals surface area contributed by atoms with Crippen molar-refractivity contribution < 1.29 is 4.79 Å². The van der Waals surface area contributed by atoms with Crippen LogP contribution >= 0.6 is 11.3 Å². The lowest BCUT2D eigenvalue weighted by molar-refractivity contribution is 0.0954. The second kappa shape index (κ2) is 7.53. The molecule has 1 amide bonds. The van der Waals surface area contributed by atoms with Crippen molar-refractivity contribution in [1.29, 1.82) is 0 Å². The Bertz CT molecular complexity index is 684. The van der Waals surface area contributed by atoms with Gasteiger partial charge in [-0.2, -0.15) is 0 Å². The zero-order valence-corrected chi connectivity index (χ0v) is 12.5. The minimum Gasteiger partial charge on any atom is -0.352 e. The first-order valence-electron chi connectivity index (χ1n) is 6.53. The van der Waals surface area contributed by atoms with Crippen LogP contribution in [0.1, 0.15) is 26.6 Å². The van der Waals surface area contributed by atoms with Gasteiger partial charge in [-0.25, -0.2) is 4.98 Å². The first-order chi connectivity index (χ1) is 10.2. The van der Waals surface area contributed by atoms with Crippen LogP contribution in [0.25, 0.3) is 0 Å². The lowest BCUT2D eigenvalue weighted by Crippen LogP contribution is -2.26. The summed E-state index contributed by atoms with van der Waals surface area (Å²) in [7, 11) is 0. The molecule has 2 heterocycles. The number of carbonyl (C=O) groups is 1. The third-order valence-corrected chi connectivity index (χ3v) is 3.71. The van der Waals surface area contributed by atoms with Crippen LogP contribution in [0.15, 0.2) is 23.8 Å². The van der Waals surface area contributed by atoms with E-state index >= 15 is 0 Å². The second-order valence-electron chi connectivity index (χ2n) is 4.32. The largest absolute Gasteiger partial charge is 0.352 e. The van der Waals surface area contributed by atoms with Crippen LogP contribution in [-0.2, 0) is 6.42 Å². The molecule has 2 rings (SSSR count). The van der Waals surface area contributed by atoms with Gasteiger partial charge in [0.25, 0.3) is 5.91 Å². The smallest absolute Gasteiger partial charge is 0.252 e. The van der Waals surface area contributed by atoms with Gasteiger partial charge in [0.2, 0.25) is 0 Å². The normalized spacial score (nSPS) is 9.81. The van der Waals surface area contributed by atoms with Crippen molar-refractivity contribution >= 4 is 17.2 Å². The van der Waals surface area contributed by atoms with E-state index in [1.807, 2.05) is 12.3 Å². The highest BCUT2D eigenvalue weighted by molar-refractivity contribution is 7.09. The van der Waals surface area contributed by atoms with Crippen molar-refractivity contribution in [2.45, 2.75) is 13.3 Å². The fourth-order valence-electron chi connectivity index (χ4n) is 1.73. The second-order valence-corrected chi connectivity index (χ2v) is 5.26. The number of nitrogens with two attached hydrogens (primary N) is 1. The third kappa shape index (κ3) is 4.38. The number of amides is 1. The first-order valence-corrected chi connectivity index (χ1v) is 7.41. The Morgan fingerprint density at radius 1 is 1.52 bits per heavy atom. The minimum absolute atomic E-state index is 0.160. The van der Waals surface area contributed by atoms with E-state index in [2.05, 4.69) is 27.1 Å². The molecule has 0 fully saturated rings. The number of nitrogens with one attached hydrogen (secondary N) is 1. The summed E-state index contributed by atoms with van der Waals surface area (Å²) in [6.07, 6.45) is 3.87. The van der Waals surface area contributed by atoms with Gasteiger partial charge in [-0.1, -0.05) is 11.8 Å². The number of aromatic nitrogens is 2. The molecular weight excluding hydrogens is 284 g/mol. The maximum Gasteiger partial charge on any atom is 0.252 e. The van der Waals surface area contributed by atoms with Crippen molar-refractivity contribution in [3.05, 3.63) is 45.7 Å². The number of thiazole rings is 1. The van der Waals surface area contributed by atoms with Crippen molar-refractivity contribution in [3.8, 4) is 11.8 Å². The van der Waals surface area contributed by atoms with Crippen molar-refractivity contribution in [2.75, 3.05) is 13.1 Å². The number of pyridine rings is 1. The lowest BCUT2D eigenvalue weighted by Gasteiger charge is -2.05. The summed E-state index contributed by atoms with van der Waals surface area (Å²) >= 11 is 1.60. The summed E-state index contributed by atoms with van der Waals surface area (Å²) in [5.41, 5.74) is 7.46. The molecule has 0 radical (unpaired) electrons. The van der Waals surface area contributed by atoms with Gasteiger partial charge in [0.1, 0.15) is 0 Å². The Kier molecular flexibility index (Phi) is 5.43. The summed E-state index contributed by atoms with van der Waals surface area (Å²) < 4.78 is 0. The van der Waals surface area contributed by atoms with E-state index < -0.39 is 0 Å². The SMILES string of the molecule is Cc1csc(CCNC(=O)c2ccncc2C#CCN)n1. The van der Waals surface area contributed by atoms with Crippen LogP contribution in [0.3, 0.4) is 0 Å². The van der Waals surface area contributed by atoms with Gasteiger partial charge in [0.05, 0.1) is 22.7 Å². The number of carbonyl (C=O) groups excluding carboxylic acids is 1. The van der Waals surface area contributed by atoms with Crippen LogP contribution in [0.4, 0.5) is 0 Å². The molecule has 0 aliphatic heterocycles. The van der Waals surface area contributed by atoms with Gasteiger partial charge in [-0.15, -0.1) is 11.3 Å². The Balaban J connectivity index is 1.97. The van der Waals surface area contributed by atoms with Crippen molar-refractivity contribution in [2.24, 2.45) is 5.73 Å². The predicted octanol–water partition coefficient (Wildman–Crippen LogP) is 1.13. The molecule has 0 spiro atoms. The maximum atomic E-state index is 12.2. The molecule has 0 bridgehead atoms. The maximum absolute atomic E-state index is 12.2. The van der Waals surface area contributed by atoms with Gasteiger partial charge in [0.15, 0.2) is 0 Å². The number of hydrogen-bond acceptors (Lipinski definition) is 5. The quantitative estimate of drug-likeness (QED) is 0.829. The first kappa shape index (κ1) is 15.2. The summed E-state index contributed by atoms with van der Waals surface area (Å²) in [5, 5.41) is 5.89. The average molecular weight is 300 g/mol. The summed E-state index contributed by atoms with van der Waals surface area (Å²) in [6.45, 7) is 2.75.